The van der Waals surface area contributed by atoms with Gasteiger partial charge in [0.05, 0.1) is 0 Å². The van der Waals surface area contributed by atoms with Crippen molar-refractivity contribution in [2.75, 3.05) is 0 Å². The molecule has 0 unspecified atom stereocenters. The third-order valence-electron chi connectivity index (χ3n) is 0.566. The van der Waals surface area contributed by atoms with Crippen LogP contribution in [0.3, 0.4) is 0 Å². The molecule has 0 aromatic carbocycles. The van der Waals surface area contributed by atoms with Crippen molar-refractivity contribution in [3.05, 3.63) is 30.6 Å². The van der Waals surface area contributed by atoms with Crippen molar-refractivity contribution in [2.24, 2.45) is 0 Å². The Balaban J connectivity index is 0. The van der Waals surface area contributed by atoms with Crippen LogP contribution in [0.2, 0.25) is 0 Å². The van der Waals surface area contributed by atoms with Gasteiger partial charge in [-0.1, -0.05) is 6.07 Å². The Morgan fingerprint density at radius 3 is 1.73 bits per heavy atom. The van der Waals surface area contributed by atoms with Crippen LogP contribution in [0.25, 0.3) is 0 Å². The third-order valence-corrected chi connectivity index (χ3v) is 0.566. The van der Waals surface area contributed by atoms with Crippen molar-refractivity contribution >= 4 is 5.97 Å². The maximum Gasteiger partial charge on any atom is 1.00 e. The minimum atomic E-state index is -1.08. The van der Waals surface area contributed by atoms with Crippen LogP contribution in [0, 0.1) is 0 Å². The van der Waals surface area contributed by atoms with Crippen LogP contribution in [0.4, 0.5) is 0 Å². The predicted octanol–water partition coefficient (Wildman–Crippen LogP) is -0.165. The van der Waals surface area contributed by atoms with Crippen molar-refractivity contribution in [3.63, 3.8) is 0 Å². The zero-order valence-corrected chi connectivity index (χ0v) is 7.43. The summed E-state index contributed by atoms with van der Waals surface area (Å²) in [5.41, 5.74) is 0. The fraction of sp³-hybridized carbons (Fsp3) is 0.143. The average Bonchev–Trinajstić information content (AvgIpc) is 1.90. The number of pyridine rings is 1. The largest absolute Gasteiger partial charge is 1.00 e. The van der Waals surface area contributed by atoms with Crippen molar-refractivity contribution in [1.82, 2.24) is 4.98 Å². The summed E-state index contributed by atoms with van der Waals surface area (Å²) in [6.45, 7) is 0.972. The molecule has 0 spiro atoms. The first-order valence-corrected chi connectivity index (χ1v) is 2.76. The van der Waals surface area contributed by atoms with Crippen LogP contribution in [-0.2, 0) is 27.2 Å². The summed E-state index contributed by atoms with van der Waals surface area (Å²) in [4.78, 5) is 12.7. The second-order valence-corrected chi connectivity index (χ2v) is 1.52. The molecule has 0 amide bonds. The molecule has 0 bridgehead atoms. The Bertz CT molecular complexity index is 148. The maximum atomic E-state index is 8.89. The van der Waals surface area contributed by atoms with Crippen LogP contribution in [-0.4, -0.2) is 11.0 Å². The molecule has 0 saturated heterocycles. The van der Waals surface area contributed by atoms with Gasteiger partial charge in [0.1, 0.15) is 0 Å². The summed E-state index contributed by atoms with van der Waals surface area (Å²) in [5.74, 6) is -1.08. The fourth-order valence-corrected chi connectivity index (χ4v) is 0.313. The number of nitrogens with zero attached hydrogens (tertiary/aromatic N) is 1. The topological polar surface area (TPSA) is 53.0 Å². The van der Waals surface area contributed by atoms with Gasteiger partial charge >= 0.3 is 22.4 Å². The molecule has 0 aliphatic heterocycles. The van der Waals surface area contributed by atoms with E-state index in [0.717, 1.165) is 6.92 Å². The number of aromatic nitrogens is 1. The fourth-order valence-electron chi connectivity index (χ4n) is 0.313. The molecule has 0 aliphatic carbocycles. The minimum absolute atomic E-state index is 0. The number of carbonyl (C=O) groups is 1. The molecule has 64 valence electrons. The quantitative estimate of drug-likeness (QED) is 0.597. The Morgan fingerprint density at radius 1 is 1.27 bits per heavy atom. The minimum Gasteiger partial charge on any atom is -0.550 e. The molecule has 1 aromatic heterocycles. The van der Waals surface area contributed by atoms with Gasteiger partial charge in [0.2, 0.25) is 0 Å². The zero-order valence-electron chi connectivity index (χ0n) is 5.95. The summed E-state index contributed by atoms with van der Waals surface area (Å²) in [6.07, 6.45) is 3.50. The van der Waals surface area contributed by atoms with Gasteiger partial charge in [-0.3, -0.25) is 4.98 Å². The molecule has 0 atom stereocenters. The standard InChI is InChI=1S/C5H5N.C2H4O2.Ag/c1-2-4-6-5-3-1;1-2(3)4;/h1-5H;1H3,(H,3,4);/q;;+1/p-1. The molecule has 0 fully saturated rings. The summed E-state index contributed by atoms with van der Waals surface area (Å²) < 4.78 is 0. The van der Waals surface area contributed by atoms with E-state index < -0.39 is 5.97 Å². The average molecular weight is 246 g/mol. The van der Waals surface area contributed by atoms with E-state index in [-0.39, 0.29) is 22.4 Å². The van der Waals surface area contributed by atoms with E-state index in [2.05, 4.69) is 4.98 Å². The first-order valence-electron chi connectivity index (χ1n) is 2.76. The van der Waals surface area contributed by atoms with Crippen molar-refractivity contribution < 1.29 is 32.3 Å². The van der Waals surface area contributed by atoms with Gasteiger partial charge in [0, 0.05) is 18.4 Å². The molecule has 4 heteroatoms. The second-order valence-electron chi connectivity index (χ2n) is 1.52. The molecular weight excluding hydrogens is 238 g/mol. The van der Waals surface area contributed by atoms with Crippen molar-refractivity contribution in [2.45, 2.75) is 6.92 Å². The summed E-state index contributed by atoms with van der Waals surface area (Å²) >= 11 is 0. The Hall–Kier alpha value is -0.640. The number of hydrogen-bond donors (Lipinski definition) is 0. The van der Waals surface area contributed by atoms with Gasteiger partial charge < -0.3 is 9.90 Å². The molecule has 1 rings (SSSR count). The number of carboxylic acid groups (broad SMARTS) is 1. The van der Waals surface area contributed by atoms with Crippen LogP contribution in [0.5, 0.6) is 0 Å². The molecule has 0 radical (unpaired) electrons. The van der Waals surface area contributed by atoms with E-state index in [0.29, 0.717) is 0 Å². The number of carbonyl (C=O) groups excluding carboxylic acids is 1. The van der Waals surface area contributed by atoms with Gasteiger partial charge in [-0.15, -0.1) is 0 Å². The first kappa shape index (κ1) is 13.0. The number of aliphatic carboxylic acids is 1. The first-order chi connectivity index (χ1) is 4.73. The maximum absolute atomic E-state index is 8.89. The summed E-state index contributed by atoms with van der Waals surface area (Å²) in [5, 5.41) is 8.89. The Labute approximate surface area is 81.0 Å². The van der Waals surface area contributed by atoms with Gasteiger partial charge in [-0.05, 0) is 19.1 Å². The van der Waals surface area contributed by atoms with Gasteiger partial charge in [0.15, 0.2) is 0 Å². The molecule has 0 aliphatic rings. The molecule has 1 aromatic rings. The monoisotopic (exact) mass is 245 g/mol. The smallest absolute Gasteiger partial charge is 0.550 e. The van der Waals surface area contributed by atoms with Crippen LogP contribution >= 0.6 is 0 Å². The molecule has 0 N–H and O–H groups in total. The SMILES string of the molecule is CC(=O)[O-].[Ag+].c1ccncc1. The molecular formula is C7H8AgNO2. The summed E-state index contributed by atoms with van der Waals surface area (Å²) in [7, 11) is 0. The third kappa shape index (κ3) is 17.6. The number of hydrogen-bond acceptors (Lipinski definition) is 3. The molecule has 0 saturated carbocycles. The second kappa shape index (κ2) is 9.36. The zero-order chi connectivity index (χ0) is 7.82. The molecule has 3 nitrogen and oxygen atoms in total. The van der Waals surface area contributed by atoms with E-state index in [1.807, 2.05) is 18.2 Å². The summed E-state index contributed by atoms with van der Waals surface area (Å²) in [6, 6.07) is 5.72. The van der Waals surface area contributed by atoms with Crippen LogP contribution < -0.4 is 5.11 Å². The Morgan fingerprint density at radius 2 is 1.64 bits per heavy atom. The number of carboxylic acids is 1. The van der Waals surface area contributed by atoms with Crippen LogP contribution in [0.15, 0.2) is 30.6 Å². The molecule has 11 heavy (non-hydrogen) atoms. The van der Waals surface area contributed by atoms with Gasteiger partial charge in [-0.2, -0.15) is 0 Å². The van der Waals surface area contributed by atoms with Crippen molar-refractivity contribution in [1.29, 1.82) is 0 Å². The Kier molecular flexibility index (Phi) is 11.1. The van der Waals surface area contributed by atoms with Gasteiger partial charge in [-0.25, -0.2) is 0 Å². The van der Waals surface area contributed by atoms with Gasteiger partial charge in [0.25, 0.3) is 0 Å². The predicted molar refractivity (Wildman–Crippen MR) is 34.9 cm³/mol. The number of rotatable bonds is 0. The normalized spacial score (nSPS) is 6.64. The van der Waals surface area contributed by atoms with Crippen LogP contribution in [0.1, 0.15) is 6.92 Å². The van der Waals surface area contributed by atoms with E-state index in [1.54, 1.807) is 12.4 Å². The van der Waals surface area contributed by atoms with E-state index in [9.17, 15) is 0 Å². The van der Waals surface area contributed by atoms with E-state index in [1.165, 1.54) is 0 Å². The molecule has 1 heterocycles. The van der Waals surface area contributed by atoms with E-state index >= 15 is 0 Å². The van der Waals surface area contributed by atoms with Crippen molar-refractivity contribution in [3.8, 4) is 0 Å². The van der Waals surface area contributed by atoms with E-state index in [4.69, 9.17) is 9.90 Å².